The molecular formula is C26H31N3O6S. The number of amides is 1. The van der Waals surface area contributed by atoms with E-state index in [2.05, 4.69) is 16.9 Å². The molecule has 0 aromatic heterocycles. The smallest absolute Gasteiger partial charge is 0.338 e. The monoisotopic (exact) mass is 513 g/mol. The van der Waals surface area contributed by atoms with E-state index in [1.807, 2.05) is 22.4 Å². The predicted molar refractivity (Wildman–Crippen MR) is 138 cm³/mol. The Kier molecular flexibility index (Phi) is 8.37. The van der Waals surface area contributed by atoms with Crippen molar-refractivity contribution in [2.75, 3.05) is 34.0 Å². The molecule has 2 atom stereocenters. The molecule has 9 nitrogen and oxygen atoms in total. The average molecular weight is 514 g/mol. The van der Waals surface area contributed by atoms with E-state index in [1.165, 1.54) is 17.8 Å². The number of amidine groups is 1. The number of hydrogen-bond donors (Lipinski definition) is 1. The largest absolute Gasteiger partial charge is 0.497 e. The number of allylic oxidation sites excluding steroid dienone is 1. The minimum atomic E-state index is -0.592. The van der Waals surface area contributed by atoms with Crippen LogP contribution in [0.25, 0.3) is 0 Å². The molecule has 0 unspecified atom stereocenters. The first-order valence-electron chi connectivity index (χ1n) is 11.8. The summed E-state index contributed by atoms with van der Waals surface area (Å²) in [6.45, 7) is 6.70. The Hall–Kier alpha value is -3.24. The maximum absolute atomic E-state index is 13.2. The zero-order chi connectivity index (χ0) is 25.7. The number of nitrogens with zero attached hydrogens (tertiary/aromatic N) is 2. The molecule has 1 aromatic rings. The maximum Gasteiger partial charge on any atom is 0.338 e. The molecule has 0 saturated carbocycles. The van der Waals surface area contributed by atoms with Gasteiger partial charge in [-0.3, -0.25) is 4.79 Å². The van der Waals surface area contributed by atoms with Gasteiger partial charge in [-0.25, -0.2) is 9.79 Å². The van der Waals surface area contributed by atoms with Crippen LogP contribution in [0.2, 0.25) is 0 Å². The van der Waals surface area contributed by atoms with Gasteiger partial charge in [0.05, 0.1) is 44.1 Å². The molecule has 36 heavy (non-hydrogen) atoms. The van der Waals surface area contributed by atoms with Crippen LogP contribution >= 0.6 is 11.8 Å². The summed E-state index contributed by atoms with van der Waals surface area (Å²) in [5.74, 6) is 0.539. The molecule has 3 aliphatic heterocycles. The number of benzene rings is 1. The molecule has 10 heteroatoms. The lowest BCUT2D eigenvalue weighted by Crippen LogP contribution is -2.38. The van der Waals surface area contributed by atoms with E-state index < -0.39 is 12.0 Å². The molecule has 1 fully saturated rings. The van der Waals surface area contributed by atoms with Gasteiger partial charge in [0.15, 0.2) is 5.17 Å². The van der Waals surface area contributed by atoms with Crippen LogP contribution in [0.15, 0.2) is 58.2 Å². The first-order chi connectivity index (χ1) is 17.4. The van der Waals surface area contributed by atoms with E-state index in [1.54, 1.807) is 27.2 Å². The van der Waals surface area contributed by atoms with Gasteiger partial charge in [0.2, 0.25) is 5.91 Å². The van der Waals surface area contributed by atoms with E-state index in [0.717, 1.165) is 30.7 Å². The van der Waals surface area contributed by atoms with E-state index in [4.69, 9.17) is 18.9 Å². The molecule has 1 amide bonds. The van der Waals surface area contributed by atoms with Crippen LogP contribution < -0.4 is 14.8 Å². The van der Waals surface area contributed by atoms with Crippen molar-refractivity contribution in [3.63, 3.8) is 0 Å². The Labute approximate surface area is 215 Å². The summed E-state index contributed by atoms with van der Waals surface area (Å²) in [5, 5.41) is 5.56. The number of esters is 1. The topological polar surface area (TPSA) is 98.7 Å². The highest BCUT2D eigenvalue weighted by molar-refractivity contribution is 8.16. The van der Waals surface area contributed by atoms with E-state index in [9.17, 15) is 9.59 Å². The number of nitrogens with one attached hydrogen (secondary N) is 1. The number of aliphatic imine (C=N–C) groups is 1. The first-order valence-corrected chi connectivity index (χ1v) is 12.7. The highest BCUT2D eigenvalue weighted by Crippen LogP contribution is 2.46. The quantitative estimate of drug-likeness (QED) is 0.374. The zero-order valence-electron chi connectivity index (χ0n) is 20.7. The number of carbonyl (C=O) groups is 2. The lowest BCUT2D eigenvalue weighted by molar-refractivity contribution is -0.138. The van der Waals surface area contributed by atoms with Crippen molar-refractivity contribution in [2.45, 2.75) is 38.3 Å². The predicted octanol–water partition coefficient (Wildman–Crippen LogP) is 3.69. The van der Waals surface area contributed by atoms with Crippen molar-refractivity contribution >= 4 is 28.8 Å². The first kappa shape index (κ1) is 25.8. The van der Waals surface area contributed by atoms with E-state index in [-0.39, 0.29) is 25.0 Å². The Morgan fingerprint density at radius 1 is 1.28 bits per heavy atom. The average Bonchev–Trinajstić information content (AvgIpc) is 3.55. The van der Waals surface area contributed by atoms with Crippen LogP contribution in [0.1, 0.15) is 37.8 Å². The van der Waals surface area contributed by atoms with Gasteiger partial charge in [-0.2, -0.15) is 0 Å². The van der Waals surface area contributed by atoms with Crippen LogP contribution in [0.5, 0.6) is 11.5 Å². The van der Waals surface area contributed by atoms with Crippen molar-refractivity contribution in [1.82, 2.24) is 10.2 Å². The number of rotatable bonds is 10. The summed E-state index contributed by atoms with van der Waals surface area (Å²) in [5.41, 5.74) is 2.41. The number of fused-ring (bicyclic) bond motifs is 1. The van der Waals surface area contributed by atoms with E-state index in [0.29, 0.717) is 34.5 Å². The zero-order valence-corrected chi connectivity index (χ0v) is 21.6. The highest BCUT2D eigenvalue weighted by atomic mass is 32.2. The summed E-state index contributed by atoms with van der Waals surface area (Å²) in [7, 11) is 3.14. The molecule has 0 radical (unpaired) electrons. The molecule has 0 aliphatic carbocycles. The van der Waals surface area contributed by atoms with Crippen molar-refractivity contribution in [2.24, 2.45) is 4.99 Å². The summed E-state index contributed by atoms with van der Waals surface area (Å²) >= 11 is 1.42. The van der Waals surface area contributed by atoms with Crippen molar-refractivity contribution in [3.05, 3.63) is 58.8 Å². The second-order valence-electron chi connectivity index (χ2n) is 8.54. The maximum atomic E-state index is 13.2. The highest BCUT2D eigenvalue weighted by Gasteiger charge is 2.41. The number of ether oxygens (including phenoxy) is 4. The summed E-state index contributed by atoms with van der Waals surface area (Å²) in [6.07, 6.45) is 3.66. The fraction of sp³-hybridized carbons (Fsp3) is 0.423. The van der Waals surface area contributed by atoms with Gasteiger partial charge in [-0.05, 0) is 42.9 Å². The van der Waals surface area contributed by atoms with Crippen molar-refractivity contribution in [1.29, 1.82) is 0 Å². The van der Waals surface area contributed by atoms with Gasteiger partial charge < -0.3 is 29.2 Å². The SMILES string of the molecule is C=CCOC(=O)C1=C(C)N=C2SC=C(CC(=O)NC[C@H]3CCCO3)N2[C@H]1c1cc(OC)cc(OC)c1. The number of hydrogen-bond acceptors (Lipinski definition) is 9. The number of methoxy groups -OCH3 is 2. The molecule has 4 rings (SSSR count). The van der Waals surface area contributed by atoms with Crippen molar-refractivity contribution < 1.29 is 28.5 Å². The van der Waals surface area contributed by atoms with Crippen LogP contribution in [0, 0.1) is 0 Å². The molecule has 192 valence electrons. The molecule has 1 N–H and O–H groups in total. The molecular weight excluding hydrogens is 482 g/mol. The fourth-order valence-electron chi connectivity index (χ4n) is 4.41. The third kappa shape index (κ3) is 5.60. The second-order valence-corrected chi connectivity index (χ2v) is 9.38. The Bertz CT molecular complexity index is 1100. The third-order valence-electron chi connectivity index (χ3n) is 6.13. The molecule has 0 spiro atoms. The van der Waals surface area contributed by atoms with Crippen LogP contribution in [0.3, 0.4) is 0 Å². The molecule has 3 aliphatic rings. The minimum Gasteiger partial charge on any atom is -0.497 e. The second kappa shape index (κ2) is 11.7. The lowest BCUT2D eigenvalue weighted by Gasteiger charge is -2.36. The third-order valence-corrected chi connectivity index (χ3v) is 7.02. The molecule has 0 bridgehead atoms. The van der Waals surface area contributed by atoms with Gasteiger partial charge in [0.25, 0.3) is 0 Å². The van der Waals surface area contributed by atoms with Gasteiger partial charge >= 0.3 is 5.97 Å². The van der Waals surface area contributed by atoms with Gasteiger partial charge in [-0.1, -0.05) is 24.4 Å². The van der Waals surface area contributed by atoms with Crippen LogP contribution in [-0.4, -0.2) is 62.0 Å². The molecule has 1 saturated heterocycles. The minimum absolute atomic E-state index is 0.0572. The van der Waals surface area contributed by atoms with Crippen LogP contribution in [0.4, 0.5) is 0 Å². The van der Waals surface area contributed by atoms with Crippen molar-refractivity contribution in [3.8, 4) is 11.5 Å². The number of thioether (sulfide) groups is 1. The summed E-state index contributed by atoms with van der Waals surface area (Å²) < 4.78 is 22.0. The van der Waals surface area contributed by atoms with Crippen LogP contribution in [-0.2, 0) is 19.1 Å². The lowest BCUT2D eigenvalue weighted by atomic mass is 9.93. The van der Waals surface area contributed by atoms with Gasteiger partial charge in [-0.15, -0.1) is 0 Å². The normalized spacial score (nSPS) is 20.9. The standard InChI is InChI=1S/C26H31N3O6S/c1-5-8-35-25(31)23-16(2)28-26-29(24(23)17-10-20(32-3)13-21(11-17)33-4)18(15-36-26)12-22(30)27-14-19-7-6-9-34-19/h5,10-11,13,15,19,24H,1,6-9,12,14H2,2-4H3,(H,27,30)/t19-,24+/m1/s1. The molecule has 1 aromatic carbocycles. The number of carbonyl (C=O) groups excluding carboxylic acids is 2. The fourth-order valence-corrected chi connectivity index (χ4v) is 5.37. The Morgan fingerprint density at radius 2 is 2.03 bits per heavy atom. The van der Waals surface area contributed by atoms with Gasteiger partial charge in [0.1, 0.15) is 18.1 Å². The molecule has 3 heterocycles. The van der Waals surface area contributed by atoms with E-state index >= 15 is 0 Å². The summed E-state index contributed by atoms with van der Waals surface area (Å²) in [4.78, 5) is 32.7. The Balaban J connectivity index is 1.67. The van der Waals surface area contributed by atoms with Gasteiger partial charge in [0, 0.05) is 24.9 Å². The Morgan fingerprint density at radius 3 is 2.67 bits per heavy atom. The summed E-state index contributed by atoms with van der Waals surface area (Å²) in [6, 6.07) is 4.87.